The molecule has 100 valence electrons. The highest BCUT2D eigenvalue weighted by atomic mass is 32.1. The third-order valence-corrected chi connectivity index (χ3v) is 4.95. The molecule has 2 atom stereocenters. The monoisotopic (exact) mass is 272 g/mol. The molecule has 1 aromatic heterocycles. The van der Waals surface area contributed by atoms with Crippen molar-refractivity contribution in [1.82, 2.24) is 0 Å². The van der Waals surface area contributed by atoms with Crippen molar-refractivity contribution in [3.63, 3.8) is 0 Å². The van der Waals surface area contributed by atoms with Gasteiger partial charge in [0, 0.05) is 23.8 Å². The molecule has 0 saturated heterocycles. The summed E-state index contributed by atoms with van der Waals surface area (Å²) < 4.78 is 6.14. The molecule has 0 N–H and O–H groups in total. The van der Waals surface area contributed by atoms with Gasteiger partial charge in [-0.1, -0.05) is 30.3 Å². The average molecular weight is 272 g/mol. The van der Waals surface area contributed by atoms with Crippen molar-refractivity contribution in [1.29, 1.82) is 0 Å². The summed E-state index contributed by atoms with van der Waals surface area (Å²) in [5.74, 6) is 0.566. The molecule has 19 heavy (non-hydrogen) atoms. The summed E-state index contributed by atoms with van der Waals surface area (Å²) in [6.07, 6.45) is 2.21. The molecule has 3 rings (SSSR count). The van der Waals surface area contributed by atoms with Crippen LogP contribution in [0.2, 0.25) is 0 Å². The van der Waals surface area contributed by atoms with E-state index in [-0.39, 0.29) is 5.60 Å². The van der Waals surface area contributed by atoms with Crippen LogP contribution >= 0.6 is 11.3 Å². The first-order valence-electron chi connectivity index (χ1n) is 6.97. The molecule has 1 heterocycles. The summed E-state index contributed by atoms with van der Waals surface area (Å²) in [7, 11) is 0. The lowest BCUT2D eigenvalue weighted by atomic mass is 10.0. The van der Waals surface area contributed by atoms with Gasteiger partial charge in [0.1, 0.15) is 0 Å². The van der Waals surface area contributed by atoms with Crippen LogP contribution in [0.15, 0.2) is 41.8 Å². The Morgan fingerprint density at radius 2 is 2.11 bits per heavy atom. The number of benzene rings is 1. The summed E-state index contributed by atoms with van der Waals surface area (Å²) in [6, 6.07) is 13.1. The van der Waals surface area contributed by atoms with Gasteiger partial charge in [0.2, 0.25) is 0 Å². The molecule has 1 aromatic carbocycles. The van der Waals surface area contributed by atoms with E-state index >= 15 is 0 Å². The SMILES string of the molecule is CCOC1(Cc2cccs2)CC1c1ccccc1C. The van der Waals surface area contributed by atoms with Gasteiger partial charge in [-0.15, -0.1) is 11.3 Å². The molecule has 1 nitrogen and oxygen atoms in total. The molecule has 0 spiro atoms. The summed E-state index contributed by atoms with van der Waals surface area (Å²) >= 11 is 1.84. The molecule has 2 unspecified atom stereocenters. The number of thiophene rings is 1. The zero-order valence-corrected chi connectivity index (χ0v) is 12.4. The van der Waals surface area contributed by atoms with Gasteiger partial charge < -0.3 is 4.74 Å². The predicted molar refractivity (Wildman–Crippen MR) is 80.9 cm³/mol. The summed E-state index contributed by atoms with van der Waals surface area (Å²) in [6.45, 7) is 5.10. The van der Waals surface area contributed by atoms with Crippen LogP contribution in [0.4, 0.5) is 0 Å². The Hall–Kier alpha value is -1.12. The Morgan fingerprint density at radius 3 is 2.79 bits per heavy atom. The molecule has 2 heteroatoms. The highest BCUT2D eigenvalue weighted by molar-refractivity contribution is 7.09. The van der Waals surface area contributed by atoms with Crippen molar-refractivity contribution in [2.75, 3.05) is 6.61 Å². The van der Waals surface area contributed by atoms with E-state index in [1.165, 1.54) is 16.0 Å². The lowest BCUT2D eigenvalue weighted by Crippen LogP contribution is -2.20. The van der Waals surface area contributed by atoms with Gasteiger partial charge in [0.05, 0.1) is 5.60 Å². The van der Waals surface area contributed by atoms with Gasteiger partial charge in [-0.3, -0.25) is 0 Å². The Balaban J connectivity index is 1.83. The number of ether oxygens (including phenoxy) is 1. The fourth-order valence-corrected chi connectivity index (χ4v) is 3.88. The normalized spacial score (nSPS) is 25.5. The number of hydrogen-bond acceptors (Lipinski definition) is 2. The van der Waals surface area contributed by atoms with Crippen molar-refractivity contribution < 1.29 is 4.74 Å². The highest BCUT2D eigenvalue weighted by Crippen LogP contribution is 2.56. The van der Waals surface area contributed by atoms with Gasteiger partial charge in [-0.25, -0.2) is 0 Å². The molecule has 2 aromatic rings. The largest absolute Gasteiger partial charge is 0.374 e. The zero-order chi connectivity index (χ0) is 13.3. The fourth-order valence-electron chi connectivity index (χ4n) is 3.06. The lowest BCUT2D eigenvalue weighted by Gasteiger charge is -2.18. The van der Waals surface area contributed by atoms with E-state index < -0.39 is 0 Å². The minimum Gasteiger partial charge on any atom is -0.374 e. The second-order valence-corrected chi connectivity index (χ2v) is 6.40. The lowest BCUT2D eigenvalue weighted by molar-refractivity contribution is 0.0378. The number of hydrogen-bond donors (Lipinski definition) is 0. The van der Waals surface area contributed by atoms with E-state index in [0.29, 0.717) is 5.92 Å². The topological polar surface area (TPSA) is 9.23 Å². The Kier molecular flexibility index (Phi) is 3.46. The summed E-state index contributed by atoms with van der Waals surface area (Å²) in [5.41, 5.74) is 2.90. The molecule has 0 radical (unpaired) electrons. The molecule has 1 aliphatic rings. The van der Waals surface area contributed by atoms with E-state index in [4.69, 9.17) is 4.74 Å². The van der Waals surface area contributed by atoms with E-state index in [1.807, 2.05) is 11.3 Å². The molecule has 1 aliphatic carbocycles. The van der Waals surface area contributed by atoms with Crippen LogP contribution in [0.5, 0.6) is 0 Å². The third kappa shape index (κ3) is 2.47. The number of rotatable bonds is 5. The molecule has 0 amide bonds. The summed E-state index contributed by atoms with van der Waals surface area (Å²) in [4.78, 5) is 1.43. The third-order valence-electron chi connectivity index (χ3n) is 4.07. The van der Waals surface area contributed by atoms with E-state index in [9.17, 15) is 0 Å². The maximum Gasteiger partial charge on any atom is 0.0806 e. The van der Waals surface area contributed by atoms with Gasteiger partial charge in [-0.2, -0.15) is 0 Å². The first-order chi connectivity index (χ1) is 9.25. The molecule has 1 saturated carbocycles. The molecule has 0 bridgehead atoms. The maximum absolute atomic E-state index is 6.14. The van der Waals surface area contributed by atoms with Gasteiger partial charge in [-0.05, 0) is 42.8 Å². The smallest absolute Gasteiger partial charge is 0.0806 e. The van der Waals surface area contributed by atoms with Crippen molar-refractivity contribution in [3.05, 3.63) is 57.8 Å². The van der Waals surface area contributed by atoms with Crippen molar-refractivity contribution in [3.8, 4) is 0 Å². The predicted octanol–water partition coefficient (Wildman–Crippen LogP) is 4.56. The quantitative estimate of drug-likeness (QED) is 0.775. The van der Waals surface area contributed by atoms with Crippen LogP contribution in [0.1, 0.15) is 35.3 Å². The van der Waals surface area contributed by atoms with Crippen molar-refractivity contribution in [2.24, 2.45) is 0 Å². The molecular weight excluding hydrogens is 252 g/mol. The van der Waals surface area contributed by atoms with E-state index in [0.717, 1.165) is 19.4 Å². The Labute approximate surface area is 119 Å². The minimum atomic E-state index is 0.0473. The van der Waals surface area contributed by atoms with Crippen LogP contribution in [-0.4, -0.2) is 12.2 Å². The van der Waals surface area contributed by atoms with Gasteiger partial charge in [0.15, 0.2) is 0 Å². The second kappa shape index (κ2) is 5.10. The van der Waals surface area contributed by atoms with Gasteiger partial charge in [0.25, 0.3) is 0 Å². The maximum atomic E-state index is 6.14. The minimum absolute atomic E-state index is 0.0473. The Morgan fingerprint density at radius 1 is 1.26 bits per heavy atom. The summed E-state index contributed by atoms with van der Waals surface area (Å²) in [5, 5.41) is 2.15. The van der Waals surface area contributed by atoms with E-state index in [2.05, 4.69) is 55.6 Å². The van der Waals surface area contributed by atoms with Crippen LogP contribution in [0, 0.1) is 6.92 Å². The number of aryl methyl sites for hydroxylation is 1. The van der Waals surface area contributed by atoms with Crippen LogP contribution in [0.3, 0.4) is 0 Å². The fraction of sp³-hybridized carbons (Fsp3) is 0.412. The molecule has 0 aliphatic heterocycles. The molecule has 1 fully saturated rings. The van der Waals surface area contributed by atoms with Gasteiger partial charge >= 0.3 is 0 Å². The molecular formula is C17H20OS. The van der Waals surface area contributed by atoms with Crippen LogP contribution in [-0.2, 0) is 11.2 Å². The van der Waals surface area contributed by atoms with Crippen LogP contribution in [0.25, 0.3) is 0 Å². The second-order valence-electron chi connectivity index (χ2n) is 5.37. The zero-order valence-electron chi connectivity index (χ0n) is 11.6. The van der Waals surface area contributed by atoms with Crippen molar-refractivity contribution >= 4 is 11.3 Å². The first-order valence-corrected chi connectivity index (χ1v) is 7.85. The van der Waals surface area contributed by atoms with Crippen molar-refractivity contribution in [2.45, 2.75) is 38.2 Å². The first kappa shape index (κ1) is 12.9. The standard InChI is InChI=1S/C17H20OS/c1-3-18-17(11-14-8-6-10-19-14)12-16(17)15-9-5-4-7-13(15)2/h4-10,16H,3,11-12H2,1-2H3. The average Bonchev–Trinajstić information content (AvgIpc) is 2.84. The highest BCUT2D eigenvalue weighted by Gasteiger charge is 2.56. The van der Waals surface area contributed by atoms with Crippen LogP contribution < -0.4 is 0 Å². The van der Waals surface area contributed by atoms with E-state index in [1.54, 1.807) is 0 Å². The Bertz CT molecular complexity index is 546.